The molecule has 3 heterocycles. The molecule has 8 heteroatoms. The molecule has 2 aromatic heterocycles. The van der Waals surface area contributed by atoms with Crippen LogP contribution in [-0.2, 0) is 6.18 Å². The van der Waals surface area contributed by atoms with E-state index < -0.39 is 11.9 Å². The molecule has 0 unspecified atom stereocenters. The SMILES string of the molecule is CN(c1ccncn1)C1CCN(c2ccnc(C(F)(F)F)c2)CC1. The van der Waals surface area contributed by atoms with Crippen LogP contribution in [0.3, 0.4) is 0 Å². The van der Waals surface area contributed by atoms with Gasteiger partial charge in [0, 0.05) is 44.3 Å². The van der Waals surface area contributed by atoms with Crippen LogP contribution in [0, 0.1) is 0 Å². The summed E-state index contributed by atoms with van der Waals surface area (Å²) in [5.41, 5.74) is -0.277. The Balaban J connectivity index is 1.65. The van der Waals surface area contributed by atoms with Gasteiger partial charge in [-0.2, -0.15) is 13.2 Å². The van der Waals surface area contributed by atoms with Crippen LogP contribution in [0.15, 0.2) is 36.9 Å². The van der Waals surface area contributed by atoms with Crippen molar-refractivity contribution in [2.24, 2.45) is 0 Å². The van der Waals surface area contributed by atoms with Gasteiger partial charge >= 0.3 is 6.18 Å². The normalized spacial score (nSPS) is 16.2. The van der Waals surface area contributed by atoms with Gasteiger partial charge in [0.25, 0.3) is 0 Å². The van der Waals surface area contributed by atoms with E-state index in [4.69, 9.17) is 0 Å². The molecule has 3 rings (SSSR count). The minimum Gasteiger partial charge on any atom is -0.371 e. The van der Waals surface area contributed by atoms with E-state index in [1.54, 1.807) is 12.3 Å². The van der Waals surface area contributed by atoms with E-state index in [-0.39, 0.29) is 0 Å². The number of alkyl halides is 3. The molecule has 24 heavy (non-hydrogen) atoms. The van der Waals surface area contributed by atoms with E-state index in [2.05, 4.69) is 19.9 Å². The Bertz CT molecular complexity index is 669. The first kappa shape index (κ1) is 16.5. The molecule has 0 radical (unpaired) electrons. The second-order valence-electron chi connectivity index (χ2n) is 5.79. The van der Waals surface area contributed by atoms with E-state index in [1.165, 1.54) is 12.5 Å². The number of rotatable bonds is 3. The maximum absolute atomic E-state index is 12.8. The van der Waals surface area contributed by atoms with Crippen molar-refractivity contribution in [3.05, 3.63) is 42.6 Å². The average Bonchev–Trinajstić information content (AvgIpc) is 2.61. The van der Waals surface area contributed by atoms with Crippen molar-refractivity contribution in [3.8, 4) is 0 Å². The summed E-state index contributed by atoms with van der Waals surface area (Å²) in [6.07, 6.45) is 1.72. The number of pyridine rings is 1. The van der Waals surface area contributed by atoms with Crippen molar-refractivity contribution in [3.63, 3.8) is 0 Å². The predicted octanol–water partition coefficient (Wildman–Crippen LogP) is 3.00. The van der Waals surface area contributed by atoms with Gasteiger partial charge in [-0.3, -0.25) is 4.98 Å². The Morgan fingerprint density at radius 1 is 1.12 bits per heavy atom. The van der Waals surface area contributed by atoms with Crippen LogP contribution in [-0.4, -0.2) is 41.1 Å². The fraction of sp³-hybridized carbons (Fsp3) is 0.438. The first-order valence-electron chi connectivity index (χ1n) is 7.72. The van der Waals surface area contributed by atoms with E-state index in [0.717, 1.165) is 24.7 Å². The zero-order valence-electron chi connectivity index (χ0n) is 13.2. The van der Waals surface area contributed by atoms with Crippen LogP contribution in [0.25, 0.3) is 0 Å². The van der Waals surface area contributed by atoms with E-state index in [0.29, 0.717) is 24.8 Å². The molecule has 2 aromatic rings. The molecule has 0 bridgehead atoms. The average molecular weight is 337 g/mol. The van der Waals surface area contributed by atoms with Crippen LogP contribution >= 0.6 is 0 Å². The molecule has 1 saturated heterocycles. The summed E-state index contributed by atoms with van der Waals surface area (Å²) in [6.45, 7) is 1.39. The third-order valence-electron chi connectivity index (χ3n) is 4.34. The van der Waals surface area contributed by atoms with Gasteiger partial charge in [-0.15, -0.1) is 0 Å². The Kier molecular flexibility index (Phi) is 4.55. The molecule has 1 aliphatic heterocycles. The smallest absolute Gasteiger partial charge is 0.371 e. The summed E-state index contributed by atoms with van der Waals surface area (Å²) in [4.78, 5) is 15.6. The Morgan fingerprint density at radius 2 is 1.88 bits per heavy atom. The lowest BCUT2D eigenvalue weighted by atomic mass is 10.0. The molecular formula is C16H18F3N5. The molecule has 0 atom stereocenters. The zero-order valence-corrected chi connectivity index (χ0v) is 13.2. The first-order chi connectivity index (χ1) is 11.4. The highest BCUT2D eigenvalue weighted by Gasteiger charge is 2.33. The van der Waals surface area contributed by atoms with Crippen molar-refractivity contribution >= 4 is 11.5 Å². The number of piperidine rings is 1. The molecule has 0 aromatic carbocycles. The number of anilines is 2. The van der Waals surface area contributed by atoms with Crippen LogP contribution < -0.4 is 9.80 Å². The number of hydrogen-bond donors (Lipinski definition) is 0. The molecule has 5 nitrogen and oxygen atoms in total. The lowest BCUT2D eigenvalue weighted by molar-refractivity contribution is -0.141. The summed E-state index contributed by atoms with van der Waals surface area (Å²) in [6, 6.07) is 4.91. The minimum absolute atomic E-state index is 0.306. The van der Waals surface area contributed by atoms with Crippen LogP contribution in [0.2, 0.25) is 0 Å². The highest BCUT2D eigenvalue weighted by molar-refractivity contribution is 5.48. The summed E-state index contributed by atoms with van der Waals surface area (Å²) < 4.78 is 38.4. The number of hydrogen-bond acceptors (Lipinski definition) is 5. The third kappa shape index (κ3) is 3.58. The molecular weight excluding hydrogens is 319 g/mol. The van der Waals surface area contributed by atoms with E-state index in [1.807, 2.05) is 18.0 Å². The first-order valence-corrected chi connectivity index (χ1v) is 7.72. The fourth-order valence-corrected chi connectivity index (χ4v) is 2.96. The third-order valence-corrected chi connectivity index (χ3v) is 4.34. The van der Waals surface area contributed by atoms with Gasteiger partial charge in [-0.1, -0.05) is 0 Å². The highest BCUT2D eigenvalue weighted by Crippen LogP contribution is 2.31. The van der Waals surface area contributed by atoms with E-state index >= 15 is 0 Å². The summed E-state index contributed by atoms with van der Waals surface area (Å²) in [5, 5.41) is 0. The van der Waals surface area contributed by atoms with Gasteiger partial charge in [-0.05, 0) is 31.0 Å². The molecule has 0 saturated carbocycles. The van der Waals surface area contributed by atoms with Crippen LogP contribution in [0.4, 0.5) is 24.7 Å². The molecule has 1 aliphatic rings. The standard InChI is InChI=1S/C16H18F3N5/c1-23(15-3-6-20-11-22-15)12-4-8-24(9-5-12)13-2-7-21-14(10-13)16(17,18)19/h2-3,6-7,10-12H,4-5,8-9H2,1H3. The monoisotopic (exact) mass is 337 g/mol. The second kappa shape index (κ2) is 6.62. The van der Waals surface area contributed by atoms with Crippen molar-refractivity contribution in [2.75, 3.05) is 29.9 Å². The molecule has 0 aliphatic carbocycles. The van der Waals surface area contributed by atoms with Crippen molar-refractivity contribution in [2.45, 2.75) is 25.1 Å². The van der Waals surface area contributed by atoms with Crippen molar-refractivity contribution in [1.82, 2.24) is 15.0 Å². The molecule has 1 fully saturated rings. The maximum Gasteiger partial charge on any atom is 0.433 e. The zero-order chi connectivity index (χ0) is 17.2. The molecule has 0 N–H and O–H groups in total. The Morgan fingerprint density at radius 3 is 2.50 bits per heavy atom. The van der Waals surface area contributed by atoms with Crippen molar-refractivity contribution < 1.29 is 13.2 Å². The largest absolute Gasteiger partial charge is 0.433 e. The van der Waals surface area contributed by atoms with Gasteiger partial charge in [-0.25, -0.2) is 9.97 Å². The fourth-order valence-electron chi connectivity index (χ4n) is 2.96. The highest BCUT2D eigenvalue weighted by atomic mass is 19.4. The lowest BCUT2D eigenvalue weighted by Gasteiger charge is -2.38. The topological polar surface area (TPSA) is 45.2 Å². The molecule has 128 valence electrons. The maximum atomic E-state index is 12.8. The van der Waals surface area contributed by atoms with Gasteiger partial charge < -0.3 is 9.80 Å². The number of nitrogens with zero attached hydrogens (tertiary/aromatic N) is 5. The second-order valence-corrected chi connectivity index (χ2v) is 5.79. The lowest BCUT2D eigenvalue weighted by Crippen LogP contribution is -2.43. The summed E-state index contributed by atoms with van der Waals surface area (Å²) in [7, 11) is 1.98. The van der Waals surface area contributed by atoms with Gasteiger partial charge in [0.1, 0.15) is 17.8 Å². The quantitative estimate of drug-likeness (QED) is 0.862. The predicted molar refractivity (Wildman–Crippen MR) is 84.9 cm³/mol. The summed E-state index contributed by atoms with van der Waals surface area (Å²) >= 11 is 0. The van der Waals surface area contributed by atoms with Gasteiger partial charge in [0.15, 0.2) is 0 Å². The van der Waals surface area contributed by atoms with Crippen LogP contribution in [0.5, 0.6) is 0 Å². The van der Waals surface area contributed by atoms with Gasteiger partial charge in [0.05, 0.1) is 0 Å². The molecule has 0 spiro atoms. The van der Waals surface area contributed by atoms with E-state index in [9.17, 15) is 13.2 Å². The van der Waals surface area contributed by atoms with Gasteiger partial charge in [0.2, 0.25) is 0 Å². The number of halogens is 3. The van der Waals surface area contributed by atoms with Crippen molar-refractivity contribution in [1.29, 1.82) is 0 Å². The minimum atomic E-state index is -4.42. The Hall–Kier alpha value is -2.38. The molecule has 0 amide bonds. The Labute approximate surface area is 138 Å². The number of aromatic nitrogens is 3. The van der Waals surface area contributed by atoms with Crippen LogP contribution in [0.1, 0.15) is 18.5 Å². The summed E-state index contributed by atoms with van der Waals surface area (Å²) in [5.74, 6) is 0.853.